The van der Waals surface area contributed by atoms with Crippen molar-refractivity contribution in [3.8, 4) is 11.1 Å². The van der Waals surface area contributed by atoms with Crippen molar-refractivity contribution in [1.29, 1.82) is 0 Å². The minimum Gasteiger partial charge on any atom is -0.399 e. The van der Waals surface area contributed by atoms with Gasteiger partial charge in [-0.25, -0.2) is 0 Å². The molecule has 2 aromatic rings. The summed E-state index contributed by atoms with van der Waals surface area (Å²) in [5.74, 6) is -0.125. The maximum absolute atomic E-state index is 12.8. The minimum absolute atomic E-state index is 0.103. The number of aliphatic hydroxyl groups excluding tert-OH is 1. The van der Waals surface area contributed by atoms with E-state index in [0.29, 0.717) is 18.5 Å². The lowest BCUT2D eigenvalue weighted by molar-refractivity contribution is 0.0680. The highest BCUT2D eigenvalue weighted by atomic mass is 35.5. The summed E-state index contributed by atoms with van der Waals surface area (Å²) in [4.78, 5) is 19.3. The van der Waals surface area contributed by atoms with Gasteiger partial charge in [0.15, 0.2) is 0 Å². The summed E-state index contributed by atoms with van der Waals surface area (Å²) in [7, 11) is 1.47. The Hall–Kier alpha value is -2.37. The molecule has 1 aliphatic rings. The Labute approximate surface area is 157 Å². The van der Waals surface area contributed by atoms with Gasteiger partial charge in [0, 0.05) is 17.0 Å². The van der Waals surface area contributed by atoms with Gasteiger partial charge in [-0.15, -0.1) is 0 Å². The molecule has 2 aromatic carbocycles. The van der Waals surface area contributed by atoms with Crippen LogP contribution in [0.4, 0.5) is 0 Å². The van der Waals surface area contributed by atoms with E-state index in [2.05, 4.69) is 5.16 Å². The second-order valence-corrected chi connectivity index (χ2v) is 6.71. The molecule has 0 radical (unpaired) electrons. The molecular formula is C20H21ClN2O3. The second-order valence-electron chi connectivity index (χ2n) is 6.30. The third-order valence-corrected chi connectivity index (χ3v) is 5.08. The largest absolute Gasteiger partial charge is 0.399 e. The Morgan fingerprint density at radius 3 is 2.69 bits per heavy atom. The van der Waals surface area contributed by atoms with Crippen LogP contribution in [0, 0.1) is 6.92 Å². The summed E-state index contributed by atoms with van der Waals surface area (Å²) in [6.07, 6.45) is 0.524. The van der Waals surface area contributed by atoms with E-state index in [-0.39, 0.29) is 18.6 Å². The summed E-state index contributed by atoms with van der Waals surface area (Å²) in [5.41, 5.74) is 4.38. The molecule has 0 aromatic heterocycles. The van der Waals surface area contributed by atoms with Crippen molar-refractivity contribution in [2.45, 2.75) is 19.4 Å². The minimum atomic E-state index is -0.272. The zero-order valence-electron chi connectivity index (χ0n) is 14.8. The Morgan fingerprint density at radius 2 is 2.04 bits per heavy atom. The predicted octanol–water partition coefficient (Wildman–Crippen LogP) is 3.52. The number of aliphatic hydroxyl groups is 1. The summed E-state index contributed by atoms with van der Waals surface area (Å²) in [5, 5.41) is 14.2. The van der Waals surface area contributed by atoms with Crippen LogP contribution >= 0.6 is 11.6 Å². The third kappa shape index (κ3) is 3.59. The van der Waals surface area contributed by atoms with Gasteiger partial charge in [-0.1, -0.05) is 41.0 Å². The number of likely N-dealkylation sites (tertiary alicyclic amines) is 1. The van der Waals surface area contributed by atoms with E-state index >= 15 is 0 Å². The standard InChI is InChI=1S/C20H21ClN2O3/c1-13-18(4-3-5-19(13)21)14-6-8-15(9-7-14)20(25)23-11-16(22-26-2)10-17(23)12-24/h3-9,17,24H,10-12H2,1-2H3/b22-16-. The first-order valence-electron chi connectivity index (χ1n) is 8.41. The van der Waals surface area contributed by atoms with Gasteiger partial charge in [0.05, 0.1) is 24.9 Å². The monoisotopic (exact) mass is 372 g/mol. The van der Waals surface area contributed by atoms with Gasteiger partial charge in [0.25, 0.3) is 5.91 Å². The summed E-state index contributed by atoms with van der Waals surface area (Å²) in [6, 6.07) is 13.0. The van der Waals surface area contributed by atoms with E-state index in [9.17, 15) is 9.90 Å². The fourth-order valence-corrected chi connectivity index (χ4v) is 3.42. The second kappa shape index (κ2) is 7.89. The number of halogens is 1. The number of nitrogens with zero attached hydrogens (tertiary/aromatic N) is 2. The van der Waals surface area contributed by atoms with Crippen LogP contribution in [0.5, 0.6) is 0 Å². The van der Waals surface area contributed by atoms with Crippen molar-refractivity contribution in [1.82, 2.24) is 4.90 Å². The fourth-order valence-electron chi connectivity index (χ4n) is 3.25. The number of hydrogen-bond donors (Lipinski definition) is 1. The molecule has 1 amide bonds. The topological polar surface area (TPSA) is 62.1 Å². The molecule has 1 atom stereocenters. The van der Waals surface area contributed by atoms with Crippen LogP contribution in [0.25, 0.3) is 11.1 Å². The van der Waals surface area contributed by atoms with Gasteiger partial charge in [0.1, 0.15) is 7.11 Å². The lowest BCUT2D eigenvalue weighted by Gasteiger charge is -2.22. The SMILES string of the molecule is CO/N=C1/CC(CO)N(C(=O)c2ccc(-c3cccc(Cl)c3C)cc2)C1. The highest BCUT2D eigenvalue weighted by Gasteiger charge is 2.33. The first kappa shape index (κ1) is 18.4. The average molecular weight is 373 g/mol. The van der Waals surface area contributed by atoms with Gasteiger partial charge >= 0.3 is 0 Å². The van der Waals surface area contributed by atoms with Crippen molar-refractivity contribution in [2.24, 2.45) is 5.16 Å². The van der Waals surface area contributed by atoms with Gasteiger partial charge < -0.3 is 14.8 Å². The molecule has 0 spiro atoms. The maximum Gasteiger partial charge on any atom is 0.254 e. The van der Waals surface area contributed by atoms with Crippen molar-refractivity contribution >= 4 is 23.2 Å². The molecule has 0 aliphatic carbocycles. The maximum atomic E-state index is 12.8. The zero-order chi connectivity index (χ0) is 18.7. The first-order valence-corrected chi connectivity index (χ1v) is 8.79. The van der Waals surface area contributed by atoms with E-state index in [1.54, 1.807) is 17.0 Å². The first-order chi connectivity index (χ1) is 12.5. The van der Waals surface area contributed by atoms with Crippen molar-refractivity contribution in [3.63, 3.8) is 0 Å². The molecule has 0 bridgehead atoms. The molecule has 1 unspecified atom stereocenters. The summed E-state index contributed by atoms with van der Waals surface area (Å²) < 4.78 is 0. The summed E-state index contributed by atoms with van der Waals surface area (Å²) >= 11 is 6.20. The third-order valence-electron chi connectivity index (χ3n) is 4.67. The molecule has 1 heterocycles. The normalized spacial score (nSPS) is 18.4. The Bertz CT molecular complexity index is 833. The van der Waals surface area contributed by atoms with E-state index in [1.807, 2.05) is 37.3 Å². The lowest BCUT2D eigenvalue weighted by atomic mass is 9.99. The zero-order valence-corrected chi connectivity index (χ0v) is 15.5. The van der Waals surface area contributed by atoms with Gasteiger partial charge in [0.2, 0.25) is 0 Å². The quantitative estimate of drug-likeness (QED) is 0.835. The fraction of sp³-hybridized carbons (Fsp3) is 0.300. The highest BCUT2D eigenvalue weighted by molar-refractivity contribution is 6.31. The number of carbonyl (C=O) groups is 1. The Balaban J connectivity index is 1.83. The Kier molecular flexibility index (Phi) is 5.59. The summed E-state index contributed by atoms with van der Waals surface area (Å²) in [6.45, 7) is 2.24. The van der Waals surface area contributed by atoms with E-state index in [1.165, 1.54) is 7.11 Å². The van der Waals surface area contributed by atoms with Gasteiger partial charge in [-0.3, -0.25) is 4.79 Å². The average Bonchev–Trinajstić information content (AvgIpc) is 3.07. The van der Waals surface area contributed by atoms with E-state index < -0.39 is 0 Å². The number of benzene rings is 2. The number of oxime groups is 1. The van der Waals surface area contributed by atoms with Gasteiger partial charge in [-0.05, 0) is 41.8 Å². The van der Waals surface area contributed by atoms with Gasteiger partial charge in [-0.2, -0.15) is 0 Å². The molecule has 3 rings (SSSR count). The molecule has 26 heavy (non-hydrogen) atoms. The van der Waals surface area contributed by atoms with Crippen LogP contribution < -0.4 is 0 Å². The number of hydrogen-bond acceptors (Lipinski definition) is 4. The molecule has 1 saturated heterocycles. The predicted molar refractivity (Wildman–Crippen MR) is 103 cm³/mol. The van der Waals surface area contributed by atoms with E-state index in [4.69, 9.17) is 16.4 Å². The molecule has 6 heteroatoms. The lowest BCUT2D eigenvalue weighted by Crippen LogP contribution is -2.37. The molecule has 0 saturated carbocycles. The van der Waals surface area contributed by atoms with E-state index in [0.717, 1.165) is 27.4 Å². The van der Waals surface area contributed by atoms with Crippen molar-refractivity contribution < 1.29 is 14.7 Å². The molecule has 1 aliphatic heterocycles. The number of amides is 1. The molecule has 1 N–H and O–H groups in total. The number of carbonyl (C=O) groups excluding carboxylic acids is 1. The van der Waals surface area contributed by atoms with Crippen LogP contribution in [0.1, 0.15) is 22.3 Å². The van der Waals surface area contributed by atoms with Crippen LogP contribution in [0.2, 0.25) is 5.02 Å². The molecule has 5 nitrogen and oxygen atoms in total. The smallest absolute Gasteiger partial charge is 0.254 e. The molecular weight excluding hydrogens is 352 g/mol. The van der Waals surface area contributed by atoms with Crippen LogP contribution in [-0.2, 0) is 4.84 Å². The molecule has 136 valence electrons. The van der Waals surface area contributed by atoms with Crippen molar-refractivity contribution in [3.05, 3.63) is 58.6 Å². The van der Waals surface area contributed by atoms with Crippen LogP contribution in [-0.4, -0.2) is 47.9 Å². The Morgan fingerprint density at radius 1 is 1.31 bits per heavy atom. The highest BCUT2D eigenvalue weighted by Crippen LogP contribution is 2.29. The van der Waals surface area contributed by atoms with Crippen LogP contribution in [0.15, 0.2) is 47.6 Å². The molecule has 1 fully saturated rings. The van der Waals surface area contributed by atoms with Crippen molar-refractivity contribution in [2.75, 3.05) is 20.3 Å². The van der Waals surface area contributed by atoms with Crippen LogP contribution in [0.3, 0.4) is 0 Å². The number of rotatable bonds is 4.